The second kappa shape index (κ2) is 4.76. The molecule has 2 N–H and O–H groups in total. The summed E-state index contributed by atoms with van der Waals surface area (Å²) in [7, 11) is 0. The lowest BCUT2D eigenvalue weighted by atomic mass is 10.1. The van der Waals surface area contributed by atoms with Crippen molar-refractivity contribution in [2.75, 3.05) is 17.2 Å². The lowest BCUT2D eigenvalue weighted by molar-refractivity contribution is 0.794. The molecule has 17 heavy (non-hydrogen) atoms. The highest BCUT2D eigenvalue weighted by atomic mass is 15.2. The van der Waals surface area contributed by atoms with Gasteiger partial charge in [0, 0.05) is 12.6 Å². The van der Waals surface area contributed by atoms with E-state index in [0.29, 0.717) is 30.3 Å². The zero-order valence-electron chi connectivity index (χ0n) is 9.56. The molecule has 0 bridgehead atoms. The average Bonchev–Trinajstić information content (AvgIpc) is 3.16. The minimum Gasteiger partial charge on any atom is -0.396 e. The number of nitriles is 2. The van der Waals surface area contributed by atoms with E-state index in [9.17, 15) is 0 Å². The number of hydrogen-bond acceptors (Lipinski definition) is 4. The van der Waals surface area contributed by atoms with Crippen LogP contribution in [0.25, 0.3) is 0 Å². The van der Waals surface area contributed by atoms with Gasteiger partial charge >= 0.3 is 0 Å². The van der Waals surface area contributed by atoms with E-state index >= 15 is 0 Å². The van der Waals surface area contributed by atoms with Crippen LogP contribution in [0, 0.1) is 22.7 Å². The summed E-state index contributed by atoms with van der Waals surface area (Å²) in [6.45, 7) is 0.681. The first-order chi connectivity index (χ1) is 8.27. The van der Waals surface area contributed by atoms with Gasteiger partial charge in [0.2, 0.25) is 0 Å². The third kappa shape index (κ3) is 2.32. The minimum absolute atomic E-state index is 0.479. The van der Waals surface area contributed by atoms with Crippen LogP contribution in [0.5, 0.6) is 0 Å². The van der Waals surface area contributed by atoms with Crippen molar-refractivity contribution in [3.8, 4) is 12.1 Å². The second-order valence-electron chi connectivity index (χ2n) is 4.18. The van der Waals surface area contributed by atoms with E-state index in [1.807, 2.05) is 12.1 Å². The lowest BCUT2D eigenvalue weighted by Crippen LogP contribution is -2.27. The molecule has 4 nitrogen and oxygen atoms in total. The molecule has 1 aliphatic carbocycles. The van der Waals surface area contributed by atoms with Gasteiger partial charge in [-0.05, 0) is 25.0 Å². The standard InChI is InChI=1S/C13H14N4/c14-7-2-8-17(11-5-6-11)12-4-1-3-10(9-15)13(12)16/h1,3-4,11H,2,5-6,8,16H2. The van der Waals surface area contributed by atoms with Crippen LogP contribution in [-0.4, -0.2) is 12.6 Å². The molecule has 1 aliphatic rings. The first-order valence-electron chi connectivity index (χ1n) is 5.70. The molecule has 2 rings (SSSR count). The third-order valence-electron chi connectivity index (χ3n) is 2.97. The number of hydrogen-bond donors (Lipinski definition) is 1. The van der Waals surface area contributed by atoms with E-state index in [-0.39, 0.29) is 0 Å². The molecule has 0 aromatic heterocycles. The molecule has 0 atom stereocenters. The van der Waals surface area contributed by atoms with E-state index in [0.717, 1.165) is 18.5 Å². The molecular weight excluding hydrogens is 212 g/mol. The predicted molar refractivity (Wildman–Crippen MR) is 66.2 cm³/mol. The van der Waals surface area contributed by atoms with Crippen LogP contribution in [-0.2, 0) is 0 Å². The van der Waals surface area contributed by atoms with Crippen LogP contribution in [0.3, 0.4) is 0 Å². The van der Waals surface area contributed by atoms with Crippen molar-refractivity contribution in [1.82, 2.24) is 0 Å². The van der Waals surface area contributed by atoms with Crippen molar-refractivity contribution in [3.05, 3.63) is 23.8 Å². The van der Waals surface area contributed by atoms with Gasteiger partial charge < -0.3 is 10.6 Å². The van der Waals surface area contributed by atoms with Gasteiger partial charge in [-0.2, -0.15) is 10.5 Å². The van der Waals surface area contributed by atoms with Gasteiger partial charge in [0.1, 0.15) is 6.07 Å². The van der Waals surface area contributed by atoms with Gasteiger partial charge in [-0.3, -0.25) is 0 Å². The Morgan fingerprint density at radius 2 is 2.12 bits per heavy atom. The molecule has 1 aromatic carbocycles. The second-order valence-corrected chi connectivity index (χ2v) is 4.18. The van der Waals surface area contributed by atoms with Crippen LogP contribution in [0.1, 0.15) is 24.8 Å². The number of benzene rings is 1. The van der Waals surface area contributed by atoms with Crippen molar-refractivity contribution in [1.29, 1.82) is 10.5 Å². The van der Waals surface area contributed by atoms with Gasteiger partial charge in [0.15, 0.2) is 0 Å². The Morgan fingerprint density at radius 1 is 1.35 bits per heavy atom. The van der Waals surface area contributed by atoms with Gasteiger partial charge in [0.25, 0.3) is 0 Å². The van der Waals surface area contributed by atoms with E-state index in [4.69, 9.17) is 16.3 Å². The van der Waals surface area contributed by atoms with Crippen molar-refractivity contribution in [3.63, 3.8) is 0 Å². The number of nitrogens with zero attached hydrogens (tertiary/aromatic N) is 3. The summed E-state index contributed by atoms with van der Waals surface area (Å²) in [5, 5.41) is 17.6. The van der Waals surface area contributed by atoms with Crippen LogP contribution < -0.4 is 10.6 Å². The fourth-order valence-electron chi connectivity index (χ4n) is 1.96. The number of nitrogens with two attached hydrogens (primary N) is 1. The van der Waals surface area contributed by atoms with E-state index in [1.165, 1.54) is 0 Å². The highest BCUT2D eigenvalue weighted by Crippen LogP contribution is 2.35. The molecule has 0 aliphatic heterocycles. The molecule has 0 saturated heterocycles. The summed E-state index contributed by atoms with van der Waals surface area (Å²) >= 11 is 0. The number of para-hydroxylation sites is 1. The summed E-state index contributed by atoms with van der Waals surface area (Å²) in [6, 6.07) is 10.2. The van der Waals surface area contributed by atoms with Crippen LogP contribution in [0.2, 0.25) is 0 Å². The molecule has 86 valence electrons. The molecule has 1 aromatic rings. The summed E-state index contributed by atoms with van der Waals surface area (Å²) in [6.07, 6.45) is 2.76. The SMILES string of the molecule is N#CCCN(c1cccc(C#N)c1N)C1CC1. The summed E-state index contributed by atoms with van der Waals surface area (Å²) in [5.41, 5.74) is 7.91. The lowest BCUT2D eigenvalue weighted by Gasteiger charge is -2.25. The average molecular weight is 226 g/mol. The predicted octanol–water partition coefficient (Wildman–Crippen LogP) is 2.02. The number of anilines is 2. The summed E-state index contributed by atoms with van der Waals surface area (Å²) < 4.78 is 0. The highest BCUT2D eigenvalue weighted by Gasteiger charge is 2.30. The topological polar surface area (TPSA) is 76.8 Å². The fraction of sp³-hybridized carbons (Fsp3) is 0.385. The van der Waals surface area contributed by atoms with E-state index in [2.05, 4.69) is 17.0 Å². The molecule has 4 heteroatoms. The van der Waals surface area contributed by atoms with Crippen molar-refractivity contribution >= 4 is 11.4 Å². The van der Waals surface area contributed by atoms with Crippen molar-refractivity contribution in [2.45, 2.75) is 25.3 Å². The van der Waals surface area contributed by atoms with Crippen LogP contribution in [0.4, 0.5) is 11.4 Å². The Kier molecular flexibility index (Phi) is 3.16. The summed E-state index contributed by atoms with van der Waals surface area (Å²) in [4.78, 5) is 2.15. The minimum atomic E-state index is 0.479. The monoisotopic (exact) mass is 226 g/mol. The Morgan fingerprint density at radius 3 is 2.71 bits per heavy atom. The zero-order chi connectivity index (χ0) is 12.3. The molecule has 0 unspecified atom stereocenters. The summed E-state index contributed by atoms with van der Waals surface area (Å²) in [5.74, 6) is 0. The molecule has 0 amide bonds. The van der Waals surface area contributed by atoms with Gasteiger partial charge in [-0.1, -0.05) is 6.07 Å². The van der Waals surface area contributed by atoms with Gasteiger partial charge in [-0.15, -0.1) is 0 Å². The van der Waals surface area contributed by atoms with Crippen LogP contribution in [0.15, 0.2) is 18.2 Å². The Bertz CT molecular complexity index is 491. The molecule has 1 fully saturated rings. The van der Waals surface area contributed by atoms with Crippen molar-refractivity contribution < 1.29 is 0 Å². The van der Waals surface area contributed by atoms with Crippen molar-refractivity contribution in [2.24, 2.45) is 0 Å². The first-order valence-corrected chi connectivity index (χ1v) is 5.70. The van der Waals surface area contributed by atoms with Crippen LogP contribution >= 0.6 is 0 Å². The van der Waals surface area contributed by atoms with Gasteiger partial charge in [0.05, 0.1) is 29.4 Å². The smallest absolute Gasteiger partial charge is 0.101 e. The molecule has 0 spiro atoms. The third-order valence-corrected chi connectivity index (χ3v) is 2.97. The fourth-order valence-corrected chi connectivity index (χ4v) is 1.96. The number of rotatable bonds is 4. The maximum absolute atomic E-state index is 8.95. The zero-order valence-corrected chi connectivity index (χ0v) is 9.56. The van der Waals surface area contributed by atoms with E-state index in [1.54, 1.807) is 6.07 Å². The largest absolute Gasteiger partial charge is 0.396 e. The Labute approximate surface area is 101 Å². The normalized spacial score (nSPS) is 13.8. The molecule has 0 radical (unpaired) electrons. The molecule has 1 saturated carbocycles. The quantitative estimate of drug-likeness (QED) is 0.797. The Hall–Kier alpha value is -2.20. The molecular formula is C13H14N4. The number of nitrogen functional groups attached to an aromatic ring is 1. The maximum Gasteiger partial charge on any atom is 0.101 e. The first kappa shape index (κ1) is 11.3. The maximum atomic E-state index is 8.95. The van der Waals surface area contributed by atoms with Gasteiger partial charge in [-0.25, -0.2) is 0 Å². The van der Waals surface area contributed by atoms with E-state index < -0.39 is 0 Å². The molecule has 0 heterocycles. The highest BCUT2D eigenvalue weighted by molar-refractivity contribution is 5.74. The Balaban J connectivity index is 2.30.